The van der Waals surface area contributed by atoms with Crippen LogP contribution in [0.1, 0.15) is 23.1 Å². The Kier molecular flexibility index (Phi) is 7.87. The van der Waals surface area contributed by atoms with Gasteiger partial charge >= 0.3 is 0 Å². The number of nitrogens with zero attached hydrogens (tertiary/aromatic N) is 4. The van der Waals surface area contributed by atoms with Crippen molar-refractivity contribution in [2.45, 2.75) is 19.9 Å². The quantitative estimate of drug-likeness (QED) is 0.604. The van der Waals surface area contributed by atoms with Gasteiger partial charge in [0, 0.05) is 44.1 Å². The maximum absolute atomic E-state index is 14.6. The van der Waals surface area contributed by atoms with E-state index in [4.69, 9.17) is 11.6 Å². The van der Waals surface area contributed by atoms with E-state index in [9.17, 15) is 9.18 Å². The van der Waals surface area contributed by atoms with Crippen molar-refractivity contribution in [3.8, 4) is 0 Å². The monoisotopic (exact) mass is 474 g/mol. The summed E-state index contributed by atoms with van der Waals surface area (Å²) in [5.74, 6) is -1.29. The standard InChI is InChI=1S/C19H20ClFN6O.2ClH/c1-11-8-26(4-3-22-11)14-6-16(21)17(23-7-14)19(28)25-13-5-15(20)18-24-12(2)9-27(18)10-13;;/h5-7,9-11,22H,3-4,8H2,1-2H3,(H,25,28);2*1H. The number of pyridine rings is 2. The average molecular weight is 476 g/mol. The van der Waals surface area contributed by atoms with Gasteiger partial charge in [-0.2, -0.15) is 0 Å². The van der Waals surface area contributed by atoms with E-state index in [1.165, 1.54) is 12.3 Å². The fraction of sp³-hybridized carbons (Fsp3) is 0.316. The second-order valence-corrected chi connectivity index (χ2v) is 7.38. The van der Waals surface area contributed by atoms with Gasteiger partial charge in [-0.1, -0.05) is 11.6 Å². The highest BCUT2D eigenvalue weighted by Gasteiger charge is 2.20. The van der Waals surface area contributed by atoms with E-state index < -0.39 is 11.7 Å². The molecule has 1 saturated heterocycles. The third-order valence-corrected chi connectivity index (χ3v) is 4.94. The Morgan fingerprint density at radius 3 is 2.80 bits per heavy atom. The molecule has 1 unspecified atom stereocenters. The summed E-state index contributed by atoms with van der Waals surface area (Å²) in [7, 11) is 0. The number of carbonyl (C=O) groups excluding carboxylic acids is 1. The molecule has 1 atom stereocenters. The number of nitrogens with one attached hydrogen (secondary N) is 2. The number of amides is 1. The number of piperazine rings is 1. The molecule has 3 aromatic heterocycles. The lowest BCUT2D eigenvalue weighted by molar-refractivity contribution is 0.101. The second-order valence-electron chi connectivity index (χ2n) is 6.97. The Hall–Kier alpha value is -2.13. The molecule has 4 rings (SSSR count). The minimum atomic E-state index is -0.660. The first kappa shape index (κ1) is 24.1. The van der Waals surface area contributed by atoms with E-state index in [0.717, 1.165) is 25.3 Å². The number of hydrogen-bond donors (Lipinski definition) is 2. The molecule has 4 heterocycles. The first-order valence-electron chi connectivity index (χ1n) is 9.01. The molecule has 1 aliphatic heterocycles. The van der Waals surface area contributed by atoms with Crippen LogP contribution in [-0.2, 0) is 0 Å². The van der Waals surface area contributed by atoms with E-state index in [1.54, 1.807) is 22.9 Å². The van der Waals surface area contributed by atoms with Gasteiger partial charge in [0.15, 0.2) is 17.2 Å². The van der Waals surface area contributed by atoms with Gasteiger partial charge in [0.1, 0.15) is 0 Å². The average Bonchev–Trinajstić information content (AvgIpc) is 3.02. The van der Waals surface area contributed by atoms with Crippen LogP contribution < -0.4 is 15.5 Å². The highest BCUT2D eigenvalue weighted by atomic mass is 35.5. The number of fused-ring (bicyclic) bond motifs is 1. The fourth-order valence-electron chi connectivity index (χ4n) is 3.37. The molecule has 0 aliphatic carbocycles. The first-order valence-corrected chi connectivity index (χ1v) is 9.38. The minimum absolute atomic E-state index is 0. The van der Waals surface area contributed by atoms with Crippen LogP contribution in [0.4, 0.5) is 15.8 Å². The van der Waals surface area contributed by atoms with Gasteiger partial charge in [-0.25, -0.2) is 14.4 Å². The highest BCUT2D eigenvalue weighted by Crippen LogP contribution is 2.23. The summed E-state index contributed by atoms with van der Waals surface area (Å²) < 4.78 is 16.3. The number of hydrogen-bond acceptors (Lipinski definition) is 5. The van der Waals surface area contributed by atoms with E-state index in [2.05, 4.69) is 27.5 Å². The summed E-state index contributed by atoms with van der Waals surface area (Å²) in [5, 5.41) is 6.38. The number of anilines is 2. The molecule has 0 aromatic carbocycles. The minimum Gasteiger partial charge on any atom is -0.367 e. The van der Waals surface area contributed by atoms with Gasteiger partial charge in [-0.05, 0) is 19.9 Å². The van der Waals surface area contributed by atoms with Crippen molar-refractivity contribution in [1.29, 1.82) is 0 Å². The van der Waals surface area contributed by atoms with Crippen molar-refractivity contribution in [1.82, 2.24) is 19.7 Å². The molecular weight excluding hydrogens is 454 g/mol. The Morgan fingerprint density at radius 2 is 2.10 bits per heavy atom. The molecular formula is C19H22Cl3FN6O. The van der Waals surface area contributed by atoms with Gasteiger partial charge in [0.2, 0.25) is 0 Å². The third kappa shape index (κ3) is 4.95. The molecule has 1 aliphatic rings. The van der Waals surface area contributed by atoms with Gasteiger partial charge < -0.3 is 19.9 Å². The molecule has 0 radical (unpaired) electrons. The summed E-state index contributed by atoms with van der Waals surface area (Å²) in [6.07, 6.45) is 5.00. The highest BCUT2D eigenvalue weighted by molar-refractivity contribution is 6.33. The molecule has 0 saturated carbocycles. The molecule has 11 heteroatoms. The van der Waals surface area contributed by atoms with Crippen LogP contribution in [0.3, 0.4) is 0 Å². The number of carbonyl (C=O) groups is 1. The smallest absolute Gasteiger partial charge is 0.277 e. The predicted octanol–water partition coefficient (Wildman–Crippen LogP) is 3.72. The van der Waals surface area contributed by atoms with Crippen LogP contribution in [-0.4, -0.2) is 46.0 Å². The largest absolute Gasteiger partial charge is 0.367 e. The lowest BCUT2D eigenvalue weighted by Gasteiger charge is -2.33. The molecule has 1 fully saturated rings. The summed E-state index contributed by atoms with van der Waals surface area (Å²) >= 11 is 6.22. The van der Waals surface area contributed by atoms with Crippen LogP contribution >= 0.6 is 36.4 Å². The zero-order chi connectivity index (χ0) is 19.8. The molecule has 1 amide bonds. The van der Waals surface area contributed by atoms with Crippen molar-refractivity contribution < 1.29 is 9.18 Å². The van der Waals surface area contributed by atoms with Gasteiger partial charge in [-0.15, -0.1) is 24.8 Å². The maximum Gasteiger partial charge on any atom is 0.277 e. The topological polar surface area (TPSA) is 74.6 Å². The van der Waals surface area contributed by atoms with Crippen LogP contribution in [0.2, 0.25) is 5.02 Å². The fourth-order valence-corrected chi connectivity index (χ4v) is 3.63. The lowest BCUT2D eigenvalue weighted by Crippen LogP contribution is -2.49. The molecule has 7 nitrogen and oxygen atoms in total. The molecule has 30 heavy (non-hydrogen) atoms. The van der Waals surface area contributed by atoms with Crippen molar-refractivity contribution in [2.75, 3.05) is 29.9 Å². The molecule has 0 spiro atoms. The molecule has 0 bridgehead atoms. The summed E-state index contributed by atoms with van der Waals surface area (Å²) in [6, 6.07) is 3.25. The van der Waals surface area contributed by atoms with E-state index in [0.29, 0.717) is 28.1 Å². The van der Waals surface area contributed by atoms with Crippen LogP contribution in [0.25, 0.3) is 5.65 Å². The van der Waals surface area contributed by atoms with Crippen LogP contribution in [0.15, 0.2) is 30.7 Å². The Balaban J connectivity index is 0.00000160. The van der Waals surface area contributed by atoms with Gasteiger partial charge in [-0.3, -0.25) is 4.79 Å². The van der Waals surface area contributed by atoms with Crippen molar-refractivity contribution in [3.05, 3.63) is 53.0 Å². The van der Waals surface area contributed by atoms with Crippen molar-refractivity contribution in [3.63, 3.8) is 0 Å². The van der Waals surface area contributed by atoms with E-state index in [-0.39, 0.29) is 30.5 Å². The predicted molar refractivity (Wildman–Crippen MR) is 121 cm³/mol. The zero-order valence-corrected chi connectivity index (χ0v) is 18.7. The zero-order valence-electron chi connectivity index (χ0n) is 16.4. The molecule has 162 valence electrons. The van der Waals surface area contributed by atoms with Crippen molar-refractivity contribution in [2.24, 2.45) is 0 Å². The Morgan fingerprint density at radius 1 is 1.33 bits per heavy atom. The summed E-state index contributed by atoms with van der Waals surface area (Å²) in [6.45, 7) is 6.26. The van der Waals surface area contributed by atoms with Gasteiger partial charge in [0.25, 0.3) is 5.91 Å². The normalized spacial score (nSPS) is 16.0. The summed E-state index contributed by atoms with van der Waals surface area (Å²) in [4.78, 5) is 22.9. The maximum atomic E-state index is 14.6. The molecule has 3 aromatic rings. The SMILES string of the molecule is Cc1cn2cc(NC(=O)c3ncc(N4CCNC(C)C4)cc3F)cc(Cl)c2n1.Cl.Cl. The second kappa shape index (κ2) is 9.78. The molecule has 2 N–H and O–H groups in total. The Bertz CT molecular complexity index is 1060. The van der Waals surface area contributed by atoms with E-state index >= 15 is 0 Å². The van der Waals surface area contributed by atoms with Crippen LogP contribution in [0, 0.1) is 12.7 Å². The number of imidazole rings is 1. The van der Waals surface area contributed by atoms with Crippen LogP contribution in [0.5, 0.6) is 0 Å². The first-order chi connectivity index (χ1) is 13.4. The number of aromatic nitrogens is 3. The van der Waals surface area contributed by atoms with E-state index in [1.807, 2.05) is 11.8 Å². The van der Waals surface area contributed by atoms with Gasteiger partial charge in [0.05, 0.1) is 28.3 Å². The Labute approximate surface area is 190 Å². The summed E-state index contributed by atoms with van der Waals surface area (Å²) in [5.41, 5.74) is 2.24. The van der Waals surface area contributed by atoms with Crippen molar-refractivity contribution >= 4 is 59.3 Å². The lowest BCUT2D eigenvalue weighted by atomic mass is 10.2. The number of rotatable bonds is 3. The number of halogens is 4. The number of aryl methyl sites for hydroxylation is 1. The third-order valence-electron chi connectivity index (χ3n) is 4.66.